The Morgan fingerprint density at radius 2 is 1.02 bits per heavy atom. The van der Waals surface area contributed by atoms with Crippen LogP contribution in [-0.2, 0) is 9.31 Å². The molecule has 0 atom stereocenters. The van der Waals surface area contributed by atoms with E-state index in [1.54, 1.807) is 0 Å². The van der Waals surface area contributed by atoms with Crippen molar-refractivity contribution in [3.63, 3.8) is 0 Å². The minimum absolute atomic E-state index is 0.394. The van der Waals surface area contributed by atoms with Gasteiger partial charge in [0.1, 0.15) is 0 Å². The second-order valence-electron chi connectivity index (χ2n) is 14.8. The van der Waals surface area contributed by atoms with Gasteiger partial charge in [-0.05, 0) is 103 Å². The maximum absolute atomic E-state index is 6.41. The molecule has 1 fully saturated rings. The first-order valence-corrected chi connectivity index (χ1v) is 19.1. The van der Waals surface area contributed by atoms with E-state index in [1.165, 1.54) is 48.0 Å². The van der Waals surface area contributed by atoms with Crippen LogP contribution in [0, 0.1) is 0 Å². The molecule has 9 rings (SSSR count). The van der Waals surface area contributed by atoms with Gasteiger partial charge in [0, 0.05) is 42.8 Å². The van der Waals surface area contributed by atoms with Gasteiger partial charge in [-0.1, -0.05) is 127 Å². The molecule has 7 aromatic carbocycles. The van der Waals surface area contributed by atoms with Crippen LogP contribution in [0.5, 0.6) is 0 Å². The molecule has 0 bridgehead atoms. The average molecular weight is 706 g/mol. The lowest BCUT2D eigenvalue weighted by atomic mass is 9.78. The number of rotatable bonds is 7. The highest BCUT2D eigenvalue weighted by Gasteiger charge is 2.51. The van der Waals surface area contributed by atoms with E-state index in [0.29, 0.717) is 0 Å². The normalized spacial score (nSPS) is 14.9. The monoisotopic (exact) mass is 705 g/mol. The summed E-state index contributed by atoms with van der Waals surface area (Å²) < 4.78 is 15.4. The SMILES string of the molecule is CC1(C)OB(c2ccc(-c3cc(N(c4ccc(-c5ccccc5)cc4)c4cccc(-c5ccccc5)c4)cc4c3sc3ccccc34)cc2)OC1(C)C. The molecule has 1 aliphatic rings. The van der Waals surface area contributed by atoms with Gasteiger partial charge in [-0.2, -0.15) is 0 Å². The van der Waals surface area contributed by atoms with Gasteiger partial charge >= 0.3 is 7.12 Å². The standard InChI is InChI=1S/C48H40BNO2S/c1-47(2)48(3,4)52-49(51-47)38-26-22-36(23-27-38)43-31-41(32-44-42-20-11-12-21-45(42)53-46(43)44)50(39-28-24-35(25-29-39)33-14-7-5-8-15-33)40-19-13-18-37(30-40)34-16-9-6-10-17-34/h5-32H,1-4H3. The Hall–Kier alpha value is -5.46. The largest absolute Gasteiger partial charge is 0.494 e. The summed E-state index contributed by atoms with van der Waals surface area (Å²) in [6.07, 6.45) is 0. The third-order valence-electron chi connectivity index (χ3n) is 10.9. The molecular weight excluding hydrogens is 665 g/mol. The lowest BCUT2D eigenvalue weighted by Gasteiger charge is -2.32. The molecule has 3 nitrogen and oxygen atoms in total. The number of benzene rings is 7. The van der Waals surface area contributed by atoms with Crippen LogP contribution in [0.4, 0.5) is 17.1 Å². The molecule has 1 aromatic heterocycles. The molecule has 258 valence electrons. The summed E-state index contributed by atoms with van der Waals surface area (Å²) >= 11 is 1.86. The molecule has 0 amide bonds. The number of fused-ring (bicyclic) bond motifs is 3. The van der Waals surface area contributed by atoms with Crippen molar-refractivity contribution < 1.29 is 9.31 Å². The van der Waals surface area contributed by atoms with Crippen molar-refractivity contribution in [2.75, 3.05) is 4.90 Å². The van der Waals surface area contributed by atoms with Crippen molar-refractivity contribution in [2.45, 2.75) is 38.9 Å². The molecule has 0 N–H and O–H groups in total. The van der Waals surface area contributed by atoms with Crippen LogP contribution >= 0.6 is 11.3 Å². The summed E-state index contributed by atoms with van der Waals surface area (Å²) in [5.41, 5.74) is 10.6. The summed E-state index contributed by atoms with van der Waals surface area (Å²) in [6.45, 7) is 8.40. The maximum atomic E-state index is 6.41. The molecule has 1 aliphatic heterocycles. The third-order valence-corrected chi connectivity index (χ3v) is 12.1. The lowest BCUT2D eigenvalue weighted by molar-refractivity contribution is 0.00578. The van der Waals surface area contributed by atoms with Crippen LogP contribution < -0.4 is 10.4 Å². The van der Waals surface area contributed by atoms with Gasteiger partial charge in [-0.25, -0.2) is 0 Å². The summed E-state index contributed by atoms with van der Waals surface area (Å²) in [7, 11) is -0.407. The van der Waals surface area contributed by atoms with Crippen molar-refractivity contribution in [2.24, 2.45) is 0 Å². The van der Waals surface area contributed by atoms with E-state index >= 15 is 0 Å². The zero-order valence-electron chi connectivity index (χ0n) is 30.4. The Kier molecular flexibility index (Phi) is 8.31. The van der Waals surface area contributed by atoms with Crippen LogP contribution in [0.3, 0.4) is 0 Å². The summed E-state index contributed by atoms with van der Waals surface area (Å²) in [6, 6.07) is 61.2. The van der Waals surface area contributed by atoms with Gasteiger partial charge in [0.2, 0.25) is 0 Å². The van der Waals surface area contributed by atoms with Gasteiger partial charge < -0.3 is 14.2 Å². The van der Waals surface area contributed by atoms with Gasteiger partial charge in [0.15, 0.2) is 0 Å². The van der Waals surface area contributed by atoms with Crippen LogP contribution in [0.1, 0.15) is 27.7 Å². The van der Waals surface area contributed by atoms with E-state index in [0.717, 1.165) is 28.1 Å². The lowest BCUT2D eigenvalue weighted by Crippen LogP contribution is -2.41. The zero-order chi connectivity index (χ0) is 36.2. The minimum Gasteiger partial charge on any atom is -0.399 e. The van der Waals surface area contributed by atoms with Crippen molar-refractivity contribution in [3.8, 4) is 33.4 Å². The van der Waals surface area contributed by atoms with Crippen LogP contribution in [0.2, 0.25) is 0 Å². The highest BCUT2D eigenvalue weighted by atomic mass is 32.1. The number of hydrogen-bond donors (Lipinski definition) is 0. The predicted molar refractivity (Wildman–Crippen MR) is 226 cm³/mol. The molecular formula is C48H40BNO2S. The van der Waals surface area contributed by atoms with E-state index in [9.17, 15) is 0 Å². The molecule has 5 heteroatoms. The molecule has 1 saturated heterocycles. The Bertz CT molecular complexity index is 2540. The maximum Gasteiger partial charge on any atom is 0.494 e. The first-order chi connectivity index (χ1) is 25.7. The smallest absolute Gasteiger partial charge is 0.399 e. The summed E-state index contributed by atoms with van der Waals surface area (Å²) in [4.78, 5) is 2.40. The highest BCUT2D eigenvalue weighted by molar-refractivity contribution is 7.26. The topological polar surface area (TPSA) is 21.7 Å². The van der Waals surface area contributed by atoms with E-state index in [4.69, 9.17) is 9.31 Å². The Labute approximate surface area is 316 Å². The van der Waals surface area contributed by atoms with Gasteiger partial charge in [0.05, 0.1) is 11.2 Å². The minimum atomic E-state index is -0.407. The third kappa shape index (κ3) is 6.15. The number of thiophene rings is 1. The van der Waals surface area contributed by atoms with Crippen molar-refractivity contribution >= 4 is 61.2 Å². The molecule has 0 aliphatic carbocycles. The second kappa shape index (κ2) is 13.2. The first-order valence-electron chi connectivity index (χ1n) is 18.3. The fourth-order valence-corrected chi connectivity index (χ4v) is 8.51. The number of anilines is 3. The molecule has 53 heavy (non-hydrogen) atoms. The van der Waals surface area contributed by atoms with E-state index in [1.807, 2.05) is 11.3 Å². The Morgan fingerprint density at radius 3 is 1.70 bits per heavy atom. The predicted octanol–water partition coefficient (Wildman–Crippen LogP) is 12.8. The molecule has 8 aromatic rings. The fourth-order valence-electron chi connectivity index (χ4n) is 7.29. The Balaban J connectivity index is 1.21. The van der Waals surface area contributed by atoms with Gasteiger partial charge in [-0.3, -0.25) is 0 Å². The first kappa shape index (κ1) is 33.4. The summed E-state index contributed by atoms with van der Waals surface area (Å²) in [5, 5.41) is 2.51. The average Bonchev–Trinajstić information content (AvgIpc) is 3.67. The number of nitrogens with zero attached hydrogens (tertiary/aromatic N) is 1. The zero-order valence-corrected chi connectivity index (χ0v) is 31.2. The molecule has 0 spiro atoms. The van der Waals surface area contributed by atoms with E-state index in [2.05, 4.69) is 202 Å². The quantitative estimate of drug-likeness (QED) is 0.154. The van der Waals surface area contributed by atoms with Gasteiger partial charge in [-0.15, -0.1) is 11.3 Å². The van der Waals surface area contributed by atoms with E-state index < -0.39 is 18.3 Å². The molecule has 0 radical (unpaired) electrons. The van der Waals surface area contributed by atoms with Crippen LogP contribution in [-0.4, -0.2) is 18.3 Å². The second-order valence-corrected chi connectivity index (χ2v) is 15.9. The van der Waals surface area contributed by atoms with Crippen molar-refractivity contribution in [3.05, 3.63) is 170 Å². The van der Waals surface area contributed by atoms with Crippen LogP contribution in [0.25, 0.3) is 53.6 Å². The number of hydrogen-bond acceptors (Lipinski definition) is 4. The van der Waals surface area contributed by atoms with Gasteiger partial charge in [0.25, 0.3) is 0 Å². The Morgan fingerprint density at radius 1 is 0.453 bits per heavy atom. The molecule has 0 unspecified atom stereocenters. The van der Waals surface area contributed by atoms with Crippen LogP contribution in [0.15, 0.2) is 170 Å². The highest BCUT2D eigenvalue weighted by Crippen LogP contribution is 2.46. The summed E-state index contributed by atoms with van der Waals surface area (Å²) in [5.74, 6) is 0. The van der Waals surface area contributed by atoms with E-state index in [-0.39, 0.29) is 0 Å². The molecule has 0 saturated carbocycles. The van der Waals surface area contributed by atoms with Crippen molar-refractivity contribution in [1.82, 2.24) is 0 Å². The fraction of sp³-hybridized carbons (Fsp3) is 0.125. The van der Waals surface area contributed by atoms with Crippen molar-refractivity contribution in [1.29, 1.82) is 0 Å². The molecule has 2 heterocycles.